The smallest absolute Gasteiger partial charge is 0.130 e. The van der Waals surface area contributed by atoms with Crippen molar-refractivity contribution in [3.63, 3.8) is 0 Å². The molecule has 0 aliphatic rings. The summed E-state index contributed by atoms with van der Waals surface area (Å²) in [6, 6.07) is 22.3. The predicted molar refractivity (Wildman–Crippen MR) is 88.0 cm³/mol. The van der Waals surface area contributed by atoms with Gasteiger partial charge in [0.15, 0.2) is 0 Å². The van der Waals surface area contributed by atoms with Crippen LogP contribution in [0.1, 0.15) is 19.0 Å². The standard InChI is InChI=1S/C19H18N2O/c1-15(22)12-13-17-14-19(16-8-4-2-5-9-16)21(20-17)18-10-6-3-7-11-18/h2-11,14H,12-13H2,1H3. The number of hydrogen-bond acceptors (Lipinski definition) is 2. The number of rotatable bonds is 5. The number of Topliss-reactive ketones (excluding diaryl/α,β-unsaturated/α-hetero) is 1. The van der Waals surface area contributed by atoms with Crippen LogP contribution < -0.4 is 0 Å². The summed E-state index contributed by atoms with van der Waals surface area (Å²) in [6.45, 7) is 1.62. The van der Waals surface area contributed by atoms with E-state index in [2.05, 4.69) is 18.2 Å². The summed E-state index contributed by atoms with van der Waals surface area (Å²) >= 11 is 0. The fraction of sp³-hybridized carbons (Fsp3) is 0.158. The van der Waals surface area contributed by atoms with Crippen molar-refractivity contribution in [2.45, 2.75) is 19.8 Å². The third kappa shape index (κ3) is 3.14. The first-order valence-corrected chi connectivity index (χ1v) is 7.43. The predicted octanol–water partition coefficient (Wildman–Crippen LogP) is 4.06. The number of carbonyl (C=O) groups is 1. The highest BCUT2D eigenvalue weighted by atomic mass is 16.1. The van der Waals surface area contributed by atoms with Gasteiger partial charge in [-0.05, 0) is 31.5 Å². The van der Waals surface area contributed by atoms with Crippen molar-refractivity contribution in [3.05, 3.63) is 72.4 Å². The molecule has 0 saturated carbocycles. The molecule has 0 spiro atoms. The van der Waals surface area contributed by atoms with E-state index in [0.717, 1.165) is 22.6 Å². The minimum atomic E-state index is 0.190. The first-order chi connectivity index (χ1) is 10.7. The third-order valence-corrected chi connectivity index (χ3v) is 3.56. The van der Waals surface area contributed by atoms with Crippen LogP contribution in [0.2, 0.25) is 0 Å². The third-order valence-electron chi connectivity index (χ3n) is 3.56. The van der Waals surface area contributed by atoms with E-state index in [1.807, 2.05) is 53.2 Å². The molecule has 3 rings (SSSR count). The molecule has 1 aromatic heterocycles. The van der Waals surface area contributed by atoms with Crippen LogP contribution in [0.4, 0.5) is 0 Å². The van der Waals surface area contributed by atoms with Gasteiger partial charge in [0.2, 0.25) is 0 Å². The summed E-state index contributed by atoms with van der Waals surface area (Å²) in [5.41, 5.74) is 4.13. The SMILES string of the molecule is CC(=O)CCc1cc(-c2ccccc2)n(-c2ccccc2)n1. The Morgan fingerprint density at radius 3 is 2.27 bits per heavy atom. The van der Waals surface area contributed by atoms with E-state index in [0.29, 0.717) is 12.8 Å². The van der Waals surface area contributed by atoms with Crippen LogP contribution >= 0.6 is 0 Å². The van der Waals surface area contributed by atoms with Gasteiger partial charge in [0.05, 0.1) is 17.1 Å². The molecule has 0 fully saturated rings. The molecule has 0 unspecified atom stereocenters. The molecule has 0 saturated heterocycles. The van der Waals surface area contributed by atoms with E-state index in [9.17, 15) is 4.79 Å². The minimum absolute atomic E-state index is 0.190. The molecule has 2 aromatic carbocycles. The summed E-state index contributed by atoms with van der Waals surface area (Å²) < 4.78 is 1.95. The molecule has 22 heavy (non-hydrogen) atoms. The average molecular weight is 290 g/mol. The Labute approximate surface area is 130 Å². The fourth-order valence-corrected chi connectivity index (χ4v) is 2.44. The molecule has 0 bridgehead atoms. The normalized spacial score (nSPS) is 10.6. The topological polar surface area (TPSA) is 34.9 Å². The van der Waals surface area contributed by atoms with Crippen LogP contribution in [-0.2, 0) is 11.2 Å². The van der Waals surface area contributed by atoms with Gasteiger partial charge in [0.1, 0.15) is 5.78 Å². The second-order valence-corrected chi connectivity index (χ2v) is 5.34. The lowest BCUT2D eigenvalue weighted by atomic mass is 10.1. The van der Waals surface area contributed by atoms with Gasteiger partial charge < -0.3 is 4.79 Å². The van der Waals surface area contributed by atoms with Gasteiger partial charge in [0.25, 0.3) is 0 Å². The number of nitrogens with zero attached hydrogens (tertiary/aromatic N) is 2. The molecule has 3 aromatic rings. The Hall–Kier alpha value is -2.68. The lowest BCUT2D eigenvalue weighted by molar-refractivity contribution is -0.116. The maximum absolute atomic E-state index is 11.2. The summed E-state index contributed by atoms with van der Waals surface area (Å²) in [7, 11) is 0. The summed E-state index contributed by atoms with van der Waals surface area (Å²) in [5, 5.41) is 4.69. The molecular formula is C19H18N2O. The van der Waals surface area contributed by atoms with Crippen molar-refractivity contribution in [3.8, 4) is 16.9 Å². The minimum Gasteiger partial charge on any atom is -0.300 e. The number of ketones is 1. The quantitative estimate of drug-likeness (QED) is 0.710. The van der Waals surface area contributed by atoms with E-state index < -0.39 is 0 Å². The van der Waals surface area contributed by atoms with Crippen LogP contribution in [0.25, 0.3) is 16.9 Å². The van der Waals surface area contributed by atoms with Crippen LogP contribution in [0, 0.1) is 0 Å². The Kier molecular flexibility index (Phi) is 4.15. The van der Waals surface area contributed by atoms with Gasteiger partial charge in [-0.25, -0.2) is 4.68 Å². The molecule has 0 radical (unpaired) electrons. The molecule has 0 aliphatic carbocycles. The monoisotopic (exact) mass is 290 g/mol. The second-order valence-electron chi connectivity index (χ2n) is 5.34. The molecule has 0 aliphatic heterocycles. The highest BCUT2D eigenvalue weighted by molar-refractivity contribution is 5.75. The molecule has 1 heterocycles. The van der Waals surface area contributed by atoms with Crippen LogP contribution in [0.15, 0.2) is 66.7 Å². The van der Waals surface area contributed by atoms with Crippen molar-refractivity contribution < 1.29 is 4.79 Å². The largest absolute Gasteiger partial charge is 0.300 e. The molecule has 0 atom stereocenters. The summed E-state index contributed by atoms with van der Waals surface area (Å²) in [5.74, 6) is 0.190. The lowest BCUT2D eigenvalue weighted by Gasteiger charge is -2.07. The highest BCUT2D eigenvalue weighted by Gasteiger charge is 2.11. The second kappa shape index (κ2) is 6.39. The van der Waals surface area contributed by atoms with Gasteiger partial charge >= 0.3 is 0 Å². The zero-order chi connectivity index (χ0) is 15.4. The first-order valence-electron chi connectivity index (χ1n) is 7.43. The van der Waals surface area contributed by atoms with Crippen molar-refractivity contribution >= 4 is 5.78 Å². The number of aromatic nitrogens is 2. The number of benzene rings is 2. The summed E-state index contributed by atoms with van der Waals surface area (Å²) in [6.07, 6.45) is 1.20. The van der Waals surface area contributed by atoms with Crippen molar-refractivity contribution in [2.75, 3.05) is 0 Å². The Morgan fingerprint density at radius 2 is 1.64 bits per heavy atom. The van der Waals surface area contributed by atoms with Gasteiger partial charge in [-0.2, -0.15) is 5.10 Å². The Bertz CT molecular complexity index is 704. The van der Waals surface area contributed by atoms with E-state index in [4.69, 9.17) is 5.10 Å². The van der Waals surface area contributed by atoms with E-state index >= 15 is 0 Å². The van der Waals surface area contributed by atoms with E-state index in [1.165, 1.54) is 0 Å². The number of carbonyl (C=O) groups excluding carboxylic acids is 1. The van der Waals surface area contributed by atoms with Crippen LogP contribution in [-0.4, -0.2) is 15.6 Å². The van der Waals surface area contributed by atoms with Crippen LogP contribution in [0.3, 0.4) is 0 Å². The maximum atomic E-state index is 11.2. The molecule has 110 valence electrons. The Balaban J connectivity index is 2.04. The molecule has 0 amide bonds. The zero-order valence-electron chi connectivity index (χ0n) is 12.6. The van der Waals surface area contributed by atoms with Gasteiger partial charge in [-0.15, -0.1) is 0 Å². The van der Waals surface area contributed by atoms with Gasteiger partial charge in [-0.1, -0.05) is 48.5 Å². The van der Waals surface area contributed by atoms with E-state index in [-0.39, 0.29) is 5.78 Å². The molecular weight excluding hydrogens is 272 g/mol. The average Bonchev–Trinajstić information content (AvgIpc) is 2.99. The molecule has 3 nitrogen and oxygen atoms in total. The highest BCUT2D eigenvalue weighted by Crippen LogP contribution is 2.24. The molecule has 0 N–H and O–H groups in total. The number of aryl methyl sites for hydroxylation is 1. The zero-order valence-corrected chi connectivity index (χ0v) is 12.6. The van der Waals surface area contributed by atoms with Crippen molar-refractivity contribution in [1.82, 2.24) is 9.78 Å². The molecule has 3 heteroatoms. The van der Waals surface area contributed by atoms with Crippen molar-refractivity contribution in [2.24, 2.45) is 0 Å². The summed E-state index contributed by atoms with van der Waals surface area (Å²) in [4.78, 5) is 11.2. The maximum Gasteiger partial charge on any atom is 0.130 e. The number of para-hydroxylation sites is 1. The van der Waals surface area contributed by atoms with E-state index in [1.54, 1.807) is 6.92 Å². The number of hydrogen-bond donors (Lipinski definition) is 0. The lowest BCUT2D eigenvalue weighted by Crippen LogP contribution is -2.00. The van der Waals surface area contributed by atoms with Gasteiger partial charge in [0, 0.05) is 12.0 Å². The van der Waals surface area contributed by atoms with Crippen molar-refractivity contribution in [1.29, 1.82) is 0 Å². The fourth-order valence-electron chi connectivity index (χ4n) is 2.44. The first kappa shape index (κ1) is 14.3. The van der Waals surface area contributed by atoms with Gasteiger partial charge in [-0.3, -0.25) is 0 Å². The Morgan fingerprint density at radius 1 is 1.00 bits per heavy atom. The van der Waals surface area contributed by atoms with Crippen LogP contribution in [0.5, 0.6) is 0 Å².